The highest BCUT2D eigenvalue weighted by atomic mass is 35.5. The van der Waals surface area contributed by atoms with Gasteiger partial charge in [0.2, 0.25) is 0 Å². The van der Waals surface area contributed by atoms with Crippen LogP contribution in [0.15, 0.2) is 30.5 Å². The first-order chi connectivity index (χ1) is 11.6. The molecule has 0 bridgehead atoms. The Morgan fingerprint density at radius 1 is 1.12 bits per heavy atom. The van der Waals surface area contributed by atoms with Crippen molar-refractivity contribution in [3.63, 3.8) is 0 Å². The first-order valence-corrected chi connectivity index (χ1v) is 8.80. The summed E-state index contributed by atoms with van der Waals surface area (Å²) in [5, 5.41) is 5.11. The highest BCUT2D eigenvalue weighted by molar-refractivity contribution is 6.42. The van der Waals surface area contributed by atoms with E-state index in [1.807, 2.05) is 4.90 Å². The molecule has 24 heavy (non-hydrogen) atoms. The van der Waals surface area contributed by atoms with Crippen LogP contribution in [0.3, 0.4) is 0 Å². The van der Waals surface area contributed by atoms with Crippen LogP contribution < -0.4 is 4.74 Å². The van der Waals surface area contributed by atoms with Gasteiger partial charge < -0.3 is 9.64 Å². The average Bonchev–Trinajstić information content (AvgIpc) is 2.89. The molecule has 0 aliphatic carbocycles. The Labute approximate surface area is 151 Å². The molecule has 128 valence electrons. The number of aromatic nitrogens is 2. The number of hydrogen-bond donors (Lipinski definition) is 0. The lowest BCUT2D eigenvalue weighted by Gasteiger charge is -2.18. The van der Waals surface area contributed by atoms with Crippen molar-refractivity contribution >= 4 is 29.1 Å². The van der Waals surface area contributed by atoms with E-state index in [1.54, 1.807) is 35.1 Å². The number of hydrogen-bond acceptors (Lipinski definition) is 3. The number of benzene rings is 1. The first kappa shape index (κ1) is 17.1. The maximum atomic E-state index is 12.5. The minimum atomic E-state index is -0.0172. The third-order valence-electron chi connectivity index (χ3n) is 4.02. The predicted molar refractivity (Wildman–Crippen MR) is 93.7 cm³/mol. The number of ether oxygens (including phenoxy) is 1. The van der Waals surface area contributed by atoms with E-state index in [2.05, 4.69) is 5.10 Å². The lowest BCUT2D eigenvalue weighted by Crippen LogP contribution is -2.32. The third kappa shape index (κ3) is 4.02. The van der Waals surface area contributed by atoms with Gasteiger partial charge >= 0.3 is 0 Å². The van der Waals surface area contributed by atoms with Gasteiger partial charge in [-0.05, 0) is 31.0 Å². The van der Waals surface area contributed by atoms with E-state index in [1.165, 1.54) is 12.8 Å². The second kappa shape index (κ2) is 7.90. The summed E-state index contributed by atoms with van der Waals surface area (Å²) in [6.45, 7) is 1.77. The quantitative estimate of drug-likeness (QED) is 0.811. The standard InChI is InChI=1S/C17H19Cl2N3O2/c18-13-6-5-7-15(16(13)19)24-12-22-11-8-14(20-22)17(23)21-9-3-1-2-4-10-21/h5-8,11H,1-4,9-10,12H2. The van der Waals surface area contributed by atoms with Crippen LogP contribution in [0.4, 0.5) is 0 Å². The Balaban J connectivity index is 1.62. The summed E-state index contributed by atoms with van der Waals surface area (Å²) in [5.74, 6) is 0.469. The molecule has 0 radical (unpaired) electrons. The van der Waals surface area contributed by atoms with Gasteiger partial charge in [0.15, 0.2) is 12.4 Å². The molecule has 0 saturated carbocycles. The summed E-state index contributed by atoms with van der Waals surface area (Å²) < 4.78 is 7.19. The predicted octanol–water partition coefficient (Wildman–Crippen LogP) is 4.24. The van der Waals surface area contributed by atoms with Crippen molar-refractivity contribution in [3.8, 4) is 5.75 Å². The molecule has 7 heteroatoms. The van der Waals surface area contributed by atoms with Crippen LogP contribution in [-0.4, -0.2) is 33.7 Å². The number of nitrogens with zero attached hydrogens (tertiary/aromatic N) is 3. The average molecular weight is 368 g/mol. The molecule has 3 rings (SSSR count). The molecule has 1 saturated heterocycles. The molecule has 1 amide bonds. The third-order valence-corrected chi connectivity index (χ3v) is 4.82. The Hall–Kier alpha value is -1.72. The summed E-state index contributed by atoms with van der Waals surface area (Å²) in [5.41, 5.74) is 0.442. The molecule has 2 heterocycles. The number of likely N-dealkylation sites (tertiary alicyclic amines) is 1. The minimum absolute atomic E-state index is 0.0172. The van der Waals surface area contributed by atoms with Crippen LogP contribution in [0, 0.1) is 0 Å². The Morgan fingerprint density at radius 2 is 1.88 bits per heavy atom. The van der Waals surface area contributed by atoms with Crippen molar-refractivity contribution in [2.24, 2.45) is 0 Å². The topological polar surface area (TPSA) is 47.4 Å². The molecule has 1 aromatic carbocycles. The van der Waals surface area contributed by atoms with Crippen molar-refractivity contribution in [3.05, 3.63) is 46.2 Å². The van der Waals surface area contributed by atoms with E-state index in [0.717, 1.165) is 25.9 Å². The van der Waals surface area contributed by atoms with Gasteiger partial charge in [-0.2, -0.15) is 5.10 Å². The fraction of sp³-hybridized carbons (Fsp3) is 0.412. The summed E-state index contributed by atoms with van der Waals surface area (Å²) in [4.78, 5) is 14.4. The zero-order chi connectivity index (χ0) is 16.9. The molecule has 5 nitrogen and oxygen atoms in total. The Bertz CT molecular complexity index is 710. The van der Waals surface area contributed by atoms with Gasteiger partial charge in [0.25, 0.3) is 5.91 Å². The Kier molecular flexibility index (Phi) is 5.63. The summed E-state index contributed by atoms with van der Waals surface area (Å²) in [6, 6.07) is 6.92. The first-order valence-electron chi connectivity index (χ1n) is 8.05. The van der Waals surface area contributed by atoms with E-state index >= 15 is 0 Å². The van der Waals surface area contributed by atoms with Gasteiger partial charge in [0.05, 0.1) is 5.02 Å². The maximum absolute atomic E-state index is 12.5. The molecule has 1 aromatic heterocycles. The van der Waals surface area contributed by atoms with Crippen molar-refractivity contribution < 1.29 is 9.53 Å². The van der Waals surface area contributed by atoms with Crippen molar-refractivity contribution in [2.45, 2.75) is 32.4 Å². The monoisotopic (exact) mass is 367 g/mol. The highest BCUT2D eigenvalue weighted by Gasteiger charge is 2.19. The number of carbonyl (C=O) groups excluding carboxylic acids is 1. The fourth-order valence-corrected chi connectivity index (χ4v) is 3.06. The van der Waals surface area contributed by atoms with E-state index in [9.17, 15) is 4.79 Å². The van der Waals surface area contributed by atoms with E-state index < -0.39 is 0 Å². The van der Waals surface area contributed by atoms with Gasteiger partial charge in [-0.25, -0.2) is 4.68 Å². The smallest absolute Gasteiger partial charge is 0.274 e. The van der Waals surface area contributed by atoms with Gasteiger partial charge in [0, 0.05) is 19.3 Å². The van der Waals surface area contributed by atoms with Gasteiger partial charge in [0.1, 0.15) is 10.8 Å². The summed E-state index contributed by atoms with van der Waals surface area (Å²) in [7, 11) is 0. The van der Waals surface area contributed by atoms with Crippen LogP contribution in [0.1, 0.15) is 36.2 Å². The van der Waals surface area contributed by atoms with Crippen molar-refractivity contribution in [2.75, 3.05) is 13.1 Å². The number of halogens is 2. The lowest BCUT2D eigenvalue weighted by molar-refractivity contribution is 0.0753. The van der Waals surface area contributed by atoms with E-state index in [0.29, 0.717) is 21.5 Å². The van der Waals surface area contributed by atoms with E-state index in [4.69, 9.17) is 27.9 Å². The van der Waals surface area contributed by atoms with Gasteiger partial charge in [-0.15, -0.1) is 0 Å². The van der Waals surface area contributed by atoms with Crippen LogP contribution in [0.2, 0.25) is 10.0 Å². The zero-order valence-corrected chi connectivity index (χ0v) is 14.8. The van der Waals surface area contributed by atoms with Gasteiger partial charge in [-0.1, -0.05) is 42.1 Å². The molecule has 0 spiro atoms. The molecular formula is C17H19Cl2N3O2. The minimum Gasteiger partial charge on any atom is -0.470 e. The van der Waals surface area contributed by atoms with Crippen molar-refractivity contribution in [1.82, 2.24) is 14.7 Å². The molecule has 0 atom stereocenters. The normalized spacial score (nSPS) is 15.2. The number of rotatable bonds is 4. The van der Waals surface area contributed by atoms with Crippen LogP contribution in [0.25, 0.3) is 0 Å². The fourth-order valence-electron chi connectivity index (χ4n) is 2.71. The molecule has 1 aliphatic rings. The summed E-state index contributed by atoms with van der Waals surface area (Å²) >= 11 is 12.0. The second-order valence-corrected chi connectivity index (χ2v) is 6.56. The molecule has 2 aromatic rings. The summed E-state index contributed by atoms with van der Waals surface area (Å²) in [6.07, 6.45) is 6.22. The largest absolute Gasteiger partial charge is 0.470 e. The van der Waals surface area contributed by atoms with E-state index in [-0.39, 0.29) is 12.6 Å². The number of carbonyl (C=O) groups is 1. The molecule has 1 fully saturated rings. The molecule has 1 aliphatic heterocycles. The lowest BCUT2D eigenvalue weighted by atomic mass is 10.2. The molecule has 0 unspecified atom stereocenters. The molecule has 0 N–H and O–H groups in total. The molecular weight excluding hydrogens is 349 g/mol. The van der Waals surface area contributed by atoms with Crippen LogP contribution >= 0.6 is 23.2 Å². The number of amides is 1. The maximum Gasteiger partial charge on any atom is 0.274 e. The van der Waals surface area contributed by atoms with Gasteiger partial charge in [-0.3, -0.25) is 4.79 Å². The SMILES string of the molecule is O=C(c1ccn(COc2cccc(Cl)c2Cl)n1)N1CCCCCC1. The van der Waals surface area contributed by atoms with Crippen LogP contribution in [-0.2, 0) is 6.73 Å². The van der Waals surface area contributed by atoms with Crippen molar-refractivity contribution in [1.29, 1.82) is 0 Å². The Morgan fingerprint density at radius 3 is 2.62 bits per heavy atom. The highest BCUT2D eigenvalue weighted by Crippen LogP contribution is 2.31. The van der Waals surface area contributed by atoms with Crippen LogP contribution in [0.5, 0.6) is 5.75 Å². The zero-order valence-electron chi connectivity index (χ0n) is 13.3. The second-order valence-electron chi connectivity index (χ2n) is 5.77.